The minimum absolute atomic E-state index is 0.0361. The Balaban J connectivity index is 1.51. The van der Waals surface area contributed by atoms with E-state index in [1.807, 2.05) is 6.07 Å². The molecule has 0 aromatic heterocycles. The van der Waals surface area contributed by atoms with Crippen LogP contribution in [0.5, 0.6) is 0 Å². The zero-order chi connectivity index (χ0) is 17.0. The fraction of sp³-hybridized carbons (Fsp3) is 0.619. The lowest BCUT2D eigenvalue weighted by molar-refractivity contribution is -0.125. The molecule has 0 spiro atoms. The molecule has 1 aromatic rings. The van der Waals surface area contributed by atoms with Crippen molar-refractivity contribution < 1.29 is 9.59 Å². The molecule has 0 radical (unpaired) electrons. The van der Waals surface area contributed by atoms with Crippen molar-refractivity contribution in [2.45, 2.75) is 56.4 Å². The summed E-state index contributed by atoms with van der Waals surface area (Å²) in [5.74, 6) is 1.66. The van der Waals surface area contributed by atoms with Crippen LogP contribution in [0.15, 0.2) is 18.2 Å². The zero-order valence-electron chi connectivity index (χ0n) is 14.6. The van der Waals surface area contributed by atoms with E-state index in [9.17, 15) is 9.59 Å². The first kappa shape index (κ1) is 15.6. The Morgan fingerprint density at radius 2 is 2.16 bits per heavy atom. The molecule has 1 saturated heterocycles. The van der Waals surface area contributed by atoms with Gasteiger partial charge in [0, 0.05) is 36.4 Å². The van der Waals surface area contributed by atoms with E-state index in [1.54, 1.807) is 0 Å². The van der Waals surface area contributed by atoms with Gasteiger partial charge >= 0.3 is 0 Å². The van der Waals surface area contributed by atoms with Gasteiger partial charge in [-0.1, -0.05) is 6.07 Å². The smallest absolute Gasteiger partial charge is 0.251 e. The van der Waals surface area contributed by atoms with Crippen LogP contribution in [-0.2, 0) is 16.6 Å². The summed E-state index contributed by atoms with van der Waals surface area (Å²) in [4.78, 5) is 24.9. The predicted molar refractivity (Wildman–Crippen MR) is 95.6 cm³/mol. The molecule has 5 rings (SSSR count). The summed E-state index contributed by atoms with van der Waals surface area (Å²) < 4.78 is 0. The Morgan fingerprint density at radius 1 is 1.28 bits per heavy atom. The van der Waals surface area contributed by atoms with Crippen LogP contribution in [0.1, 0.15) is 60.0 Å². The third kappa shape index (κ3) is 2.53. The summed E-state index contributed by atoms with van der Waals surface area (Å²) in [6.45, 7) is 1.78. The quantitative estimate of drug-likeness (QED) is 0.889. The molecule has 3 aliphatic carbocycles. The number of nitrogens with one attached hydrogen (secondary N) is 2. The van der Waals surface area contributed by atoms with E-state index in [1.165, 1.54) is 24.0 Å². The van der Waals surface area contributed by atoms with E-state index in [2.05, 4.69) is 22.8 Å². The highest BCUT2D eigenvalue weighted by Gasteiger charge is 2.53. The van der Waals surface area contributed by atoms with Gasteiger partial charge in [0.05, 0.1) is 0 Å². The van der Waals surface area contributed by atoms with Crippen molar-refractivity contribution in [2.75, 3.05) is 13.1 Å². The molecule has 1 aliphatic heterocycles. The second kappa shape index (κ2) is 5.66. The second-order valence-corrected chi connectivity index (χ2v) is 8.56. The SMILES string of the molecule is O=C1CCC2C3Cc4ccc(C(=O)NCC5CC5)cc4C2(CCN3)C1. The van der Waals surface area contributed by atoms with Crippen molar-refractivity contribution in [3.8, 4) is 0 Å². The number of carbonyl (C=O) groups is 2. The van der Waals surface area contributed by atoms with Crippen molar-refractivity contribution in [3.05, 3.63) is 34.9 Å². The standard InChI is InChI=1S/C21H26N2O2/c24-16-5-6-17-19-10-14-3-4-15(20(25)23-12-13-1-2-13)9-18(14)21(17,11-16)7-8-22-19/h3-4,9,13,17,19,22H,1-2,5-8,10-12H2,(H,23,25). The van der Waals surface area contributed by atoms with Crippen LogP contribution in [0, 0.1) is 11.8 Å². The highest BCUT2D eigenvalue weighted by atomic mass is 16.1. The van der Waals surface area contributed by atoms with Crippen molar-refractivity contribution in [3.63, 3.8) is 0 Å². The number of ketones is 1. The normalized spacial score (nSPS) is 33.4. The second-order valence-electron chi connectivity index (χ2n) is 8.56. The number of carbonyl (C=O) groups excluding carboxylic acids is 2. The Labute approximate surface area is 148 Å². The Morgan fingerprint density at radius 3 is 3.00 bits per heavy atom. The fourth-order valence-electron chi connectivity index (χ4n) is 5.55. The number of hydrogen-bond donors (Lipinski definition) is 2. The Hall–Kier alpha value is -1.68. The van der Waals surface area contributed by atoms with Gasteiger partial charge in [-0.2, -0.15) is 0 Å². The average Bonchev–Trinajstić information content (AvgIpc) is 3.43. The maximum Gasteiger partial charge on any atom is 0.251 e. The largest absolute Gasteiger partial charge is 0.352 e. The lowest BCUT2D eigenvalue weighted by Crippen LogP contribution is -2.60. The first-order valence-electron chi connectivity index (χ1n) is 9.82. The maximum absolute atomic E-state index is 12.6. The van der Waals surface area contributed by atoms with Crippen LogP contribution >= 0.6 is 0 Å². The molecule has 4 aliphatic rings. The molecule has 25 heavy (non-hydrogen) atoms. The molecule has 4 heteroatoms. The minimum atomic E-state index is -0.0361. The molecule has 3 fully saturated rings. The van der Waals surface area contributed by atoms with Crippen LogP contribution in [-0.4, -0.2) is 30.8 Å². The number of amides is 1. The highest BCUT2D eigenvalue weighted by Crippen LogP contribution is 2.53. The number of benzene rings is 1. The Kier molecular flexibility index (Phi) is 3.53. The van der Waals surface area contributed by atoms with E-state index >= 15 is 0 Å². The molecule has 1 aromatic carbocycles. The lowest BCUT2D eigenvalue weighted by atomic mass is 9.52. The van der Waals surface area contributed by atoms with Crippen LogP contribution in [0.3, 0.4) is 0 Å². The minimum Gasteiger partial charge on any atom is -0.352 e. The number of fused-ring (bicyclic) bond motifs is 1. The Bertz CT molecular complexity index is 739. The third-order valence-electron chi connectivity index (χ3n) is 7.02. The van der Waals surface area contributed by atoms with Gasteiger partial charge in [0.1, 0.15) is 5.78 Å². The molecule has 3 unspecified atom stereocenters. The number of piperidine rings is 1. The zero-order valence-corrected chi connectivity index (χ0v) is 14.6. The lowest BCUT2D eigenvalue weighted by Gasteiger charge is -2.55. The van der Waals surface area contributed by atoms with Crippen LogP contribution in [0.4, 0.5) is 0 Å². The van der Waals surface area contributed by atoms with Crippen LogP contribution in [0.25, 0.3) is 0 Å². The van der Waals surface area contributed by atoms with Gasteiger partial charge in [0.2, 0.25) is 0 Å². The highest BCUT2D eigenvalue weighted by molar-refractivity contribution is 5.94. The van der Waals surface area contributed by atoms with Gasteiger partial charge in [-0.3, -0.25) is 9.59 Å². The van der Waals surface area contributed by atoms with E-state index in [-0.39, 0.29) is 11.3 Å². The molecule has 2 N–H and O–H groups in total. The summed E-state index contributed by atoms with van der Waals surface area (Å²) in [6, 6.07) is 6.71. The number of rotatable bonds is 3. The monoisotopic (exact) mass is 338 g/mol. The van der Waals surface area contributed by atoms with E-state index in [0.29, 0.717) is 30.1 Å². The van der Waals surface area contributed by atoms with Crippen molar-refractivity contribution in [1.29, 1.82) is 0 Å². The topological polar surface area (TPSA) is 58.2 Å². The number of hydrogen-bond acceptors (Lipinski definition) is 3. The summed E-state index contributed by atoms with van der Waals surface area (Å²) in [7, 11) is 0. The maximum atomic E-state index is 12.6. The molecular formula is C21H26N2O2. The molecule has 1 heterocycles. The summed E-state index contributed by atoms with van der Waals surface area (Å²) >= 11 is 0. The first-order chi connectivity index (χ1) is 12.2. The predicted octanol–water partition coefficient (Wildman–Crippen LogP) is 2.35. The van der Waals surface area contributed by atoms with Gasteiger partial charge in [0.15, 0.2) is 0 Å². The van der Waals surface area contributed by atoms with Gasteiger partial charge < -0.3 is 10.6 Å². The number of Topliss-reactive ketones (excluding diaryl/α,β-unsaturated/α-hetero) is 1. The average molecular weight is 338 g/mol. The molecule has 2 saturated carbocycles. The molecule has 132 valence electrons. The molecule has 2 bridgehead atoms. The summed E-state index contributed by atoms with van der Waals surface area (Å²) in [5.41, 5.74) is 3.36. The van der Waals surface area contributed by atoms with Gasteiger partial charge in [0.25, 0.3) is 5.91 Å². The molecule has 1 amide bonds. The van der Waals surface area contributed by atoms with Crippen molar-refractivity contribution >= 4 is 11.7 Å². The van der Waals surface area contributed by atoms with Gasteiger partial charge in [-0.15, -0.1) is 0 Å². The fourth-order valence-corrected chi connectivity index (χ4v) is 5.55. The van der Waals surface area contributed by atoms with E-state index in [4.69, 9.17) is 0 Å². The molecular weight excluding hydrogens is 312 g/mol. The first-order valence-corrected chi connectivity index (χ1v) is 9.82. The van der Waals surface area contributed by atoms with Gasteiger partial charge in [-0.05, 0) is 73.7 Å². The molecule has 4 nitrogen and oxygen atoms in total. The van der Waals surface area contributed by atoms with Crippen molar-refractivity contribution in [2.24, 2.45) is 11.8 Å². The van der Waals surface area contributed by atoms with Gasteiger partial charge in [-0.25, -0.2) is 0 Å². The molecule has 3 atom stereocenters. The summed E-state index contributed by atoms with van der Waals surface area (Å²) in [6.07, 6.45) is 6.91. The van der Waals surface area contributed by atoms with Crippen LogP contribution in [0.2, 0.25) is 0 Å². The van der Waals surface area contributed by atoms with Crippen molar-refractivity contribution in [1.82, 2.24) is 10.6 Å². The van der Waals surface area contributed by atoms with E-state index < -0.39 is 0 Å². The summed E-state index contributed by atoms with van der Waals surface area (Å²) in [5, 5.41) is 6.77. The van der Waals surface area contributed by atoms with E-state index in [0.717, 1.165) is 44.3 Å². The van der Waals surface area contributed by atoms with Crippen LogP contribution < -0.4 is 10.6 Å². The third-order valence-corrected chi connectivity index (χ3v) is 7.02.